The van der Waals surface area contributed by atoms with Crippen LogP contribution >= 0.6 is 0 Å². The van der Waals surface area contributed by atoms with E-state index in [0.29, 0.717) is 49.3 Å². The van der Waals surface area contributed by atoms with Gasteiger partial charge in [0.15, 0.2) is 11.6 Å². The Kier molecular flexibility index (Phi) is 5.87. The van der Waals surface area contributed by atoms with Crippen LogP contribution < -0.4 is 14.5 Å². The highest BCUT2D eigenvalue weighted by atomic mass is 19.1. The minimum Gasteiger partial charge on any atom is -0.487 e. The van der Waals surface area contributed by atoms with Crippen molar-refractivity contribution in [3.8, 4) is 5.75 Å². The molecule has 2 aliphatic rings. The van der Waals surface area contributed by atoms with Gasteiger partial charge in [-0.2, -0.15) is 0 Å². The van der Waals surface area contributed by atoms with Crippen LogP contribution in [0.1, 0.15) is 18.4 Å². The quantitative estimate of drug-likeness (QED) is 0.840. The molecule has 0 unspecified atom stereocenters. The molecular formula is C20H25FN4O3. The summed E-state index contributed by atoms with van der Waals surface area (Å²) in [5.74, 6) is 1.02. The molecule has 0 bridgehead atoms. The smallest absolute Gasteiger partial charge is 0.225 e. The second-order valence-electron chi connectivity index (χ2n) is 7.03. The molecule has 2 fully saturated rings. The number of rotatable bonds is 5. The first-order valence-corrected chi connectivity index (χ1v) is 9.69. The third kappa shape index (κ3) is 4.18. The number of aliphatic hydroxyl groups excluding tert-OH is 1. The molecule has 2 aliphatic heterocycles. The number of halogens is 1. The minimum atomic E-state index is -0.337. The molecule has 0 amide bonds. The standard InChI is InChI=1S/C20H25FN4O3/c21-19-15(14-26)2-1-3-18(19)24-6-4-16(5-7-24)28-17-12-22-20(23-13-17)25-8-10-27-11-9-25/h1-3,12-13,16,26H,4-11,14H2. The molecule has 28 heavy (non-hydrogen) atoms. The van der Waals surface area contributed by atoms with Crippen molar-refractivity contribution in [2.24, 2.45) is 0 Å². The highest BCUT2D eigenvalue weighted by Crippen LogP contribution is 2.27. The van der Waals surface area contributed by atoms with Gasteiger partial charge in [0.1, 0.15) is 6.10 Å². The Balaban J connectivity index is 1.32. The first kappa shape index (κ1) is 18.9. The zero-order chi connectivity index (χ0) is 19.3. The van der Waals surface area contributed by atoms with Crippen molar-refractivity contribution >= 4 is 11.6 Å². The third-order valence-electron chi connectivity index (χ3n) is 5.22. The summed E-state index contributed by atoms with van der Waals surface area (Å²) >= 11 is 0. The van der Waals surface area contributed by atoms with Crippen LogP contribution in [0.4, 0.5) is 16.0 Å². The zero-order valence-electron chi connectivity index (χ0n) is 15.8. The molecule has 4 rings (SSSR count). The maximum Gasteiger partial charge on any atom is 0.225 e. The van der Waals surface area contributed by atoms with Crippen LogP contribution in [0.3, 0.4) is 0 Å². The molecule has 2 aromatic rings. The Morgan fingerprint density at radius 2 is 1.79 bits per heavy atom. The van der Waals surface area contributed by atoms with Gasteiger partial charge in [-0.1, -0.05) is 12.1 Å². The van der Waals surface area contributed by atoms with Gasteiger partial charge in [0.25, 0.3) is 0 Å². The summed E-state index contributed by atoms with van der Waals surface area (Å²) < 4.78 is 25.8. The number of anilines is 2. The lowest BCUT2D eigenvalue weighted by molar-refractivity contribution is 0.122. The van der Waals surface area contributed by atoms with E-state index in [-0.39, 0.29) is 18.5 Å². The summed E-state index contributed by atoms with van der Waals surface area (Å²) in [6.07, 6.45) is 5.06. The molecule has 8 heteroatoms. The summed E-state index contributed by atoms with van der Waals surface area (Å²) in [6.45, 7) is 4.09. The summed E-state index contributed by atoms with van der Waals surface area (Å²) in [5.41, 5.74) is 0.872. The Morgan fingerprint density at radius 1 is 1.07 bits per heavy atom. The Labute approximate surface area is 163 Å². The zero-order valence-corrected chi connectivity index (χ0v) is 15.8. The maximum atomic E-state index is 14.4. The largest absolute Gasteiger partial charge is 0.487 e. The van der Waals surface area contributed by atoms with E-state index < -0.39 is 0 Å². The van der Waals surface area contributed by atoms with Crippen molar-refractivity contribution < 1.29 is 19.0 Å². The molecule has 0 aliphatic carbocycles. The van der Waals surface area contributed by atoms with Crippen molar-refractivity contribution in [2.75, 3.05) is 49.2 Å². The van der Waals surface area contributed by atoms with E-state index in [0.717, 1.165) is 25.9 Å². The molecule has 1 aromatic heterocycles. The molecule has 1 N–H and O–H groups in total. The number of aromatic nitrogens is 2. The van der Waals surface area contributed by atoms with Gasteiger partial charge in [0, 0.05) is 44.6 Å². The molecule has 0 saturated carbocycles. The van der Waals surface area contributed by atoms with E-state index in [4.69, 9.17) is 9.47 Å². The number of benzene rings is 1. The summed E-state index contributed by atoms with van der Waals surface area (Å²) in [5, 5.41) is 9.25. The predicted octanol–water partition coefficient (Wildman–Crippen LogP) is 1.99. The van der Waals surface area contributed by atoms with E-state index in [1.54, 1.807) is 30.6 Å². The molecule has 150 valence electrons. The van der Waals surface area contributed by atoms with Crippen LogP contribution in [0.5, 0.6) is 5.75 Å². The van der Waals surface area contributed by atoms with Crippen molar-refractivity contribution in [2.45, 2.75) is 25.6 Å². The van der Waals surface area contributed by atoms with Gasteiger partial charge in [0.05, 0.1) is 37.9 Å². The van der Waals surface area contributed by atoms with E-state index in [1.165, 1.54) is 0 Å². The highest BCUT2D eigenvalue weighted by Gasteiger charge is 2.23. The molecular weight excluding hydrogens is 363 g/mol. The molecule has 1 aromatic carbocycles. The molecule has 7 nitrogen and oxygen atoms in total. The van der Waals surface area contributed by atoms with E-state index in [1.807, 2.05) is 4.90 Å². The number of hydrogen-bond acceptors (Lipinski definition) is 7. The third-order valence-corrected chi connectivity index (χ3v) is 5.22. The molecule has 0 atom stereocenters. The fourth-order valence-electron chi connectivity index (χ4n) is 3.64. The monoisotopic (exact) mass is 388 g/mol. The van der Waals surface area contributed by atoms with Gasteiger partial charge in [-0.3, -0.25) is 0 Å². The predicted molar refractivity (Wildman–Crippen MR) is 103 cm³/mol. The number of hydrogen-bond donors (Lipinski definition) is 1. The van der Waals surface area contributed by atoms with Gasteiger partial charge in [-0.15, -0.1) is 0 Å². The lowest BCUT2D eigenvalue weighted by Gasteiger charge is -2.34. The molecule has 0 spiro atoms. The summed E-state index contributed by atoms with van der Waals surface area (Å²) in [4.78, 5) is 12.9. The van der Waals surface area contributed by atoms with Crippen LogP contribution in [0, 0.1) is 5.82 Å². The van der Waals surface area contributed by atoms with Crippen molar-refractivity contribution in [1.29, 1.82) is 0 Å². The average Bonchev–Trinajstić information content (AvgIpc) is 2.76. The molecule has 0 radical (unpaired) electrons. The average molecular weight is 388 g/mol. The SMILES string of the molecule is OCc1cccc(N2CCC(Oc3cnc(N4CCOCC4)nc3)CC2)c1F. The maximum absolute atomic E-state index is 14.4. The first-order chi connectivity index (χ1) is 13.7. The van der Waals surface area contributed by atoms with E-state index in [9.17, 15) is 9.50 Å². The fourth-order valence-corrected chi connectivity index (χ4v) is 3.64. The van der Waals surface area contributed by atoms with Gasteiger partial charge in [-0.05, 0) is 6.07 Å². The van der Waals surface area contributed by atoms with Crippen LogP contribution in [-0.2, 0) is 11.3 Å². The van der Waals surface area contributed by atoms with Gasteiger partial charge in [-0.25, -0.2) is 14.4 Å². The van der Waals surface area contributed by atoms with Crippen molar-refractivity contribution in [3.63, 3.8) is 0 Å². The van der Waals surface area contributed by atoms with E-state index in [2.05, 4.69) is 14.9 Å². The molecule has 2 saturated heterocycles. The normalized spacial score (nSPS) is 18.4. The Hall–Kier alpha value is -2.45. The van der Waals surface area contributed by atoms with E-state index >= 15 is 0 Å². The van der Waals surface area contributed by atoms with Crippen LogP contribution in [0.25, 0.3) is 0 Å². The van der Waals surface area contributed by atoms with Crippen molar-refractivity contribution in [1.82, 2.24) is 9.97 Å². The fraction of sp³-hybridized carbons (Fsp3) is 0.500. The number of nitrogens with zero attached hydrogens (tertiary/aromatic N) is 4. The minimum absolute atomic E-state index is 0.0539. The highest BCUT2D eigenvalue weighted by molar-refractivity contribution is 5.50. The van der Waals surface area contributed by atoms with Gasteiger partial charge in [0.2, 0.25) is 5.95 Å². The number of aliphatic hydroxyl groups is 1. The molecule has 3 heterocycles. The lowest BCUT2D eigenvalue weighted by atomic mass is 10.1. The van der Waals surface area contributed by atoms with Gasteiger partial charge >= 0.3 is 0 Å². The van der Waals surface area contributed by atoms with Crippen LogP contribution in [0.2, 0.25) is 0 Å². The second-order valence-corrected chi connectivity index (χ2v) is 7.03. The van der Waals surface area contributed by atoms with Crippen LogP contribution in [-0.4, -0.2) is 60.6 Å². The second kappa shape index (κ2) is 8.70. The first-order valence-electron chi connectivity index (χ1n) is 9.69. The summed E-state index contributed by atoms with van der Waals surface area (Å²) in [6, 6.07) is 5.14. The Bertz CT molecular complexity index is 776. The lowest BCUT2D eigenvalue weighted by Crippen LogP contribution is -2.39. The van der Waals surface area contributed by atoms with Gasteiger partial charge < -0.3 is 24.4 Å². The topological polar surface area (TPSA) is 71.0 Å². The summed E-state index contributed by atoms with van der Waals surface area (Å²) in [7, 11) is 0. The number of ether oxygens (including phenoxy) is 2. The van der Waals surface area contributed by atoms with Crippen molar-refractivity contribution in [3.05, 3.63) is 42.0 Å². The Morgan fingerprint density at radius 3 is 2.46 bits per heavy atom. The van der Waals surface area contributed by atoms with Crippen LogP contribution in [0.15, 0.2) is 30.6 Å². The number of piperidine rings is 1. The number of morpholine rings is 1.